The molecule has 4 N–H and O–H groups in total. The molecule has 0 unspecified atom stereocenters. The van der Waals surface area contributed by atoms with E-state index < -0.39 is 42.8 Å². The average molecular weight is 487 g/mol. The third kappa shape index (κ3) is 7.13. The molecule has 33 heavy (non-hydrogen) atoms. The van der Waals surface area contributed by atoms with E-state index in [9.17, 15) is 19.2 Å². The zero-order valence-corrected chi connectivity index (χ0v) is 18.7. The molecule has 9 nitrogen and oxygen atoms in total. The van der Waals surface area contributed by atoms with Crippen molar-refractivity contribution in [2.75, 3.05) is 11.9 Å². The maximum Gasteiger partial charge on any atom is 0.329 e. The summed E-state index contributed by atoms with van der Waals surface area (Å²) in [5, 5.41) is 7.47. The van der Waals surface area contributed by atoms with Crippen LogP contribution in [-0.2, 0) is 19.1 Å². The van der Waals surface area contributed by atoms with Gasteiger partial charge in [0, 0.05) is 21.5 Å². The van der Waals surface area contributed by atoms with Gasteiger partial charge in [0.15, 0.2) is 11.7 Å². The third-order valence-electron chi connectivity index (χ3n) is 4.27. The first-order valence-corrected chi connectivity index (χ1v) is 10.9. The van der Waals surface area contributed by atoms with Crippen LogP contribution in [-0.4, -0.2) is 41.3 Å². The van der Waals surface area contributed by atoms with E-state index in [1.54, 1.807) is 5.38 Å². The van der Waals surface area contributed by atoms with Crippen LogP contribution in [0, 0.1) is 0 Å². The predicted octanol–water partition coefficient (Wildman–Crippen LogP) is 2.62. The van der Waals surface area contributed by atoms with Crippen molar-refractivity contribution in [3.8, 4) is 11.3 Å². The minimum absolute atomic E-state index is 0.220. The summed E-state index contributed by atoms with van der Waals surface area (Å²) in [5.74, 6) is -3.06. The van der Waals surface area contributed by atoms with Crippen LogP contribution >= 0.6 is 22.9 Å². The summed E-state index contributed by atoms with van der Waals surface area (Å²) in [6.07, 6.45) is -0.493. The quantitative estimate of drug-likeness (QED) is 0.397. The van der Waals surface area contributed by atoms with Crippen molar-refractivity contribution in [2.45, 2.75) is 12.5 Å². The number of rotatable bonds is 9. The maximum atomic E-state index is 12.4. The summed E-state index contributed by atoms with van der Waals surface area (Å²) in [6, 6.07) is 14.0. The number of thiazole rings is 1. The number of hydrogen-bond donors (Lipinski definition) is 3. The van der Waals surface area contributed by atoms with Crippen LogP contribution in [0.3, 0.4) is 0 Å². The maximum absolute atomic E-state index is 12.4. The number of hydrogen-bond acceptors (Lipinski definition) is 7. The first-order valence-electron chi connectivity index (χ1n) is 9.64. The van der Waals surface area contributed by atoms with Crippen LogP contribution < -0.4 is 16.4 Å². The highest BCUT2D eigenvalue weighted by Crippen LogP contribution is 2.24. The lowest BCUT2D eigenvalue weighted by molar-refractivity contribution is -0.150. The molecule has 0 fully saturated rings. The Morgan fingerprint density at radius 3 is 2.42 bits per heavy atom. The fraction of sp³-hybridized carbons (Fsp3) is 0.136. The molecule has 3 aromatic rings. The fourth-order valence-electron chi connectivity index (χ4n) is 2.70. The van der Waals surface area contributed by atoms with E-state index in [0.29, 0.717) is 15.8 Å². The van der Waals surface area contributed by atoms with Crippen molar-refractivity contribution < 1.29 is 23.9 Å². The monoisotopic (exact) mass is 486 g/mol. The van der Waals surface area contributed by atoms with Crippen molar-refractivity contribution in [3.63, 3.8) is 0 Å². The number of nitrogens with one attached hydrogen (secondary N) is 2. The Hall–Kier alpha value is -3.76. The summed E-state index contributed by atoms with van der Waals surface area (Å²) in [4.78, 5) is 52.6. The Morgan fingerprint density at radius 2 is 1.76 bits per heavy atom. The number of carbonyl (C=O) groups is 4. The molecule has 0 aliphatic heterocycles. The van der Waals surface area contributed by atoms with E-state index in [1.165, 1.54) is 35.6 Å². The molecule has 3 rings (SSSR count). The largest absolute Gasteiger partial charge is 0.454 e. The number of anilines is 1. The Kier molecular flexibility index (Phi) is 8.11. The average Bonchev–Trinajstić information content (AvgIpc) is 3.26. The SMILES string of the molecule is NC(=O)C[C@@H](NC(=O)c1ccc(Cl)cc1)C(=O)OCC(=O)Nc1nc(-c2ccccc2)cs1. The first-order chi connectivity index (χ1) is 15.8. The summed E-state index contributed by atoms with van der Waals surface area (Å²) in [6.45, 7) is -0.634. The van der Waals surface area contributed by atoms with Crippen LogP contribution in [0.4, 0.5) is 5.13 Å². The highest BCUT2D eigenvalue weighted by molar-refractivity contribution is 7.14. The van der Waals surface area contributed by atoms with Gasteiger partial charge >= 0.3 is 5.97 Å². The second-order valence-corrected chi connectivity index (χ2v) is 8.06. The molecule has 0 spiro atoms. The van der Waals surface area contributed by atoms with Crippen molar-refractivity contribution in [2.24, 2.45) is 5.73 Å². The number of benzene rings is 2. The highest BCUT2D eigenvalue weighted by atomic mass is 35.5. The minimum Gasteiger partial charge on any atom is -0.454 e. The van der Waals surface area contributed by atoms with Gasteiger partial charge in [0.25, 0.3) is 11.8 Å². The van der Waals surface area contributed by atoms with Gasteiger partial charge in [-0.1, -0.05) is 41.9 Å². The Morgan fingerprint density at radius 1 is 1.06 bits per heavy atom. The Bertz CT molecular complexity index is 1150. The van der Waals surface area contributed by atoms with Crippen LogP contribution in [0.5, 0.6) is 0 Å². The molecule has 0 saturated heterocycles. The van der Waals surface area contributed by atoms with Crippen molar-refractivity contribution >= 4 is 51.8 Å². The summed E-state index contributed by atoms with van der Waals surface area (Å²) in [7, 11) is 0. The molecule has 0 aliphatic carbocycles. The van der Waals surface area contributed by atoms with Gasteiger partial charge in [-0.3, -0.25) is 19.7 Å². The Labute approximate surface area is 197 Å². The van der Waals surface area contributed by atoms with Gasteiger partial charge in [-0.15, -0.1) is 11.3 Å². The molecule has 0 bridgehead atoms. The van der Waals surface area contributed by atoms with E-state index in [4.69, 9.17) is 22.1 Å². The number of nitrogens with two attached hydrogens (primary N) is 1. The second kappa shape index (κ2) is 11.2. The highest BCUT2D eigenvalue weighted by Gasteiger charge is 2.26. The van der Waals surface area contributed by atoms with Gasteiger partial charge in [-0.2, -0.15) is 0 Å². The molecule has 0 aliphatic rings. The van der Waals surface area contributed by atoms with Crippen LogP contribution in [0.2, 0.25) is 5.02 Å². The van der Waals surface area contributed by atoms with Gasteiger partial charge < -0.3 is 15.8 Å². The smallest absolute Gasteiger partial charge is 0.329 e. The van der Waals surface area contributed by atoms with Crippen molar-refractivity contribution in [1.29, 1.82) is 0 Å². The summed E-state index contributed by atoms with van der Waals surface area (Å²) in [5.41, 5.74) is 6.98. The number of halogens is 1. The van der Waals surface area contributed by atoms with E-state index in [-0.39, 0.29) is 5.56 Å². The standard InChI is InChI=1S/C22H19ClN4O5S/c23-15-8-6-14(7-9-15)20(30)25-16(10-18(24)28)21(31)32-11-19(29)27-22-26-17(12-33-22)13-4-2-1-3-5-13/h1-9,12,16H,10-11H2,(H2,24,28)(H,25,30)(H,26,27,29)/t16-/m1/s1. The molecular formula is C22H19ClN4O5S. The molecule has 1 atom stereocenters. The number of aromatic nitrogens is 1. The van der Waals surface area contributed by atoms with Crippen LogP contribution in [0.25, 0.3) is 11.3 Å². The lowest BCUT2D eigenvalue weighted by atomic mass is 10.1. The zero-order valence-electron chi connectivity index (χ0n) is 17.1. The van der Waals surface area contributed by atoms with E-state index in [1.807, 2.05) is 30.3 Å². The molecule has 2 aromatic carbocycles. The molecular weight excluding hydrogens is 468 g/mol. The zero-order chi connectivity index (χ0) is 23.8. The molecule has 170 valence electrons. The third-order valence-corrected chi connectivity index (χ3v) is 5.28. The molecule has 11 heteroatoms. The molecule has 0 radical (unpaired) electrons. The Balaban J connectivity index is 1.55. The van der Waals surface area contributed by atoms with Crippen LogP contribution in [0.15, 0.2) is 60.0 Å². The predicted molar refractivity (Wildman–Crippen MR) is 124 cm³/mol. The number of esters is 1. The number of ether oxygens (including phenoxy) is 1. The fourth-order valence-corrected chi connectivity index (χ4v) is 3.56. The first kappa shape index (κ1) is 23.9. The van der Waals surface area contributed by atoms with Crippen molar-refractivity contribution in [3.05, 3.63) is 70.6 Å². The van der Waals surface area contributed by atoms with Gasteiger partial charge in [-0.05, 0) is 24.3 Å². The van der Waals surface area contributed by atoms with Gasteiger partial charge in [0.1, 0.15) is 6.04 Å². The molecule has 1 aromatic heterocycles. The van der Waals surface area contributed by atoms with E-state index in [2.05, 4.69) is 15.6 Å². The molecule has 0 saturated carbocycles. The van der Waals surface area contributed by atoms with E-state index in [0.717, 1.165) is 5.56 Å². The van der Waals surface area contributed by atoms with Gasteiger partial charge in [0.05, 0.1) is 12.1 Å². The lowest BCUT2D eigenvalue weighted by Crippen LogP contribution is -2.44. The second-order valence-electron chi connectivity index (χ2n) is 6.76. The number of nitrogens with zero attached hydrogens (tertiary/aromatic N) is 1. The van der Waals surface area contributed by atoms with Crippen LogP contribution in [0.1, 0.15) is 16.8 Å². The normalized spacial score (nSPS) is 11.3. The van der Waals surface area contributed by atoms with E-state index >= 15 is 0 Å². The van der Waals surface area contributed by atoms with Crippen molar-refractivity contribution in [1.82, 2.24) is 10.3 Å². The topological polar surface area (TPSA) is 140 Å². The van der Waals surface area contributed by atoms with Gasteiger partial charge in [0.2, 0.25) is 5.91 Å². The number of primary amides is 1. The summed E-state index contributed by atoms with van der Waals surface area (Å²) >= 11 is 7.01. The number of amides is 3. The lowest BCUT2D eigenvalue weighted by Gasteiger charge is -2.16. The van der Waals surface area contributed by atoms with Gasteiger partial charge in [-0.25, -0.2) is 9.78 Å². The number of carbonyl (C=O) groups excluding carboxylic acids is 4. The summed E-state index contributed by atoms with van der Waals surface area (Å²) < 4.78 is 4.97. The molecule has 1 heterocycles. The molecule has 3 amide bonds. The minimum atomic E-state index is -1.36.